The van der Waals surface area contributed by atoms with Gasteiger partial charge in [-0.05, 0) is 96.3 Å². The zero-order valence-electron chi connectivity index (χ0n) is 34.9. The molecule has 1 atom stereocenters. The molecule has 0 aromatic heterocycles. The van der Waals surface area contributed by atoms with Gasteiger partial charge in [-0.1, -0.05) is 156 Å². The monoisotopic (exact) mass is 761 g/mol. The van der Waals surface area contributed by atoms with E-state index in [9.17, 15) is 14.4 Å². The number of rotatable bonds is 36. The van der Waals surface area contributed by atoms with Crippen LogP contribution in [0.15, 0.2) is 109 Å². The van der Waals surface area contributed by atoms with Gasteiger partial charge in [0.2, 0.25) is 0 Å². The largest absolute Gasteiger partial charge is 0.462 e. The van der Waals surface area contributed by atoms with E-state index in [1.807, 2.05) is 6.08 Å². The first-order valence-electron chi connectivity index (χ1n) is 21.4. The Kier molecular flexibility index (Phi) is 39.7. The SMILES string of the molecule is CC/C=C\C/C=C\C/C=C\C/C=C\C/C=C\CCCCCC(=O)OCC(COC(=O)CCC/C=C\CCCCCC)OC(=O)C/C=C\C/C=C\C/C=C\CC. The Morgan fingerprint density at radius 2 is 0.782 bits per heavy atom. The molecule has 0 aromatic rings. The van der Waals surface area contributed by atoms with Crippen LogP contribution in [0.5, 0.6) is 0 Å². The number of allylic oxidation sites excluding steroid dienone is 17. The van der Waals surface area contributed by atoms with E-state index in [1.165, 1.54) is 25.7 Å². The number of carbonyl (C=O) groups is 3. The molecule has 0 aromatic carbocycles. The Morgan fingerprint density at radius 3 is 1.25 bits per heavy atom. The molecular formula is C49H76O6. The molecule has 0 saturated heterocycles. The number of carbonyl (C=O) groups excluding carboxylic acids is 3. The minimum atomic E-state index is -0.850. The average Bonchev–Trinajstić information content (AvgIpc) is 3.18. The number of unbranched alkanes of at least 4 members (excludes halogenated alkanes) is 8. The Bertz CT molecular complexity index is 1200. The third-order valence-electron chi connectivity index (χ3n) is 8.28. The van der Waals surface area contributed by atoms with Crippen molar-refractivity contribution in [2.75, 3.05) is 13.2 Å². The van der Waals surface area contributed by atoms with E-state index < -0.39 is 12.1 Å². The van der Waals surface area contributed by atoms with Crippen LogP contribution in [0, 0.1) is 0 Å². The Hall–Kier alpha value is -3.93. The van der Waals surface area contributed by atoms with Gasteiger partial charge in [0.05, 0.1) is 6.42 Å². The van der Waals surface area contributed by atoms with Crippen molar-refractivity contribution in [1.29, 1.82) is 0 Å². The van der Waals surface area contributed by atoms with Crippen molar-refractivity contribution in [2.45, 2.75) is 168 Å². The van der Waals surface area contributed by atoms with Gasteiger partial charge in [-0.25, -0.2) is 0 Å². The molecule has 0 heterocycles. The number of esters is 3. The van der Waals surface area contributed by atoms with Crippen molar-refractivity contribution >= 4 is 17.9 Å². The van der Waals surface area contributed by atoms with Crippen molar-refractivity contribution in [3.8, 4) is 0 Å². The lowest BCUT2D eigenvalue weighted by Gasteiger charge is -2.18. The maximum absolute atomic E-state index is 12.6. The molecule has 0 saturated carbocycles. The fourth-order valence-corrected chi connectivity index (χ4v) is 5.12. The lowest BCUT2D eigenvalue weighted by Crippen LogP contribution is -2.30. The number of hydrogen-bond acceptors (Lipinski definition) is 6. The molecule has 0 aliphatic heterocycles. The van der Waals surface area contributed by atoms with Crippen LogP contribution in [-0.4, -0.2) is 37.2 Å². The summed E-state index contributed by atoms with van der Waals surface area (Å²) in [7, 11) is 0. The van der Waals surface area contributed by atoms with Crippen molar-refractivity contribution in [1.82, 2.24) is 0 Å². The van der Waals surface area contributed by atoms with Crippen molar-refractivity contribution in [3.63, 3.8) is 0 Å². The highest BCUT2D eigenvalue weighted by atomic mass is 16.6. The molecule has 0 fully saturated rings. The second kappa shape index (κ2) is 42.8. The van der Waals surface area contributed by atoms with E-state index in [-0.39, 0.29) is 38.0 Å². The van der Waals surface area contributed by atoms with Gasteiger partial charge in [-0.3, -0.25) is 14.4 Å². The van der Waals surface area contributed by atoms with E-state index >= 15 is 0 Å². The highest BCUT2D eigenvalue weighted by Crippen LogP contribution is 2.09. The molecular weight excluding hydrogens is 685 g/mol. The highest BCUT2D eigenvalue weighted by Gasteiger charge is 2.19. The fourth-order valence-electron chi connectivity index (χ4n) is 5.12. The summed E-state index contributed by atoms with van der Waals surface area (Å²) in [5.41, 5.74) is 0. The summed E-state index contributed by atoms with van der Waals surface area (Å²) in [5, 5.41) is 0. The molecule has 0 bridgehead atoms. The molecule has 55 heavy (non-hydrogen) atoms. The smallest absolute Gasteiger partial charge is 0.310 e. The van der Waals surface area contributed by atoms with Gasteiger partial charge in [0.15, 0.2) is 6.10 Å². The minimum absolute atomic E-state index is 0.0879. The molecule has 0 aliphatic carbocycles. The predicted octanol–water partition coefficient (Wildman–Crippen LogP) is 13.6. The van der Waals surface area contributed by atoms with Crippen LogP contribution in [0.3, 0.4) is 0 Å². The summed E-state index contributed by atoms with van der Waals surface area (Å²) in [5.74, 6) is -1.15. The van der Waals surface area contributed by atoms with E-state index in [4.69, 9.17) is 14.2 Å². The summed E-state index contributed by atoms with van der Waals surface area (Å²) in [4.78, 5) is 37.4. The van der Waals surface area contributed by atoms with E-state index in [2.05, 4.69) is 118 Å². The number of ether oxygens (including phenoxy) is 3. The van der Waals surface area contributed by atoms with Gasteiger partial charge in [-0.2, -0.15) is 0 Å². The van der Waals surface area contributed by atoms with Crippen LogP contribution in [0.1, 0.15) is 162 Å². The summed E-state index contributed by atoms with van der Waals surface area (Å²) < 4.78 is 16.4. The molecule has 0 N–H and O–H groups in total. The van der Waals surface area contributed by atoms with Crippen LogP contribution >= 0.6 is 0 Å². The van der Waals surface area contributed by atoms with Gasteiger partial charge in [-0.15, -0.1) is 0 Å². The van der Waals surface area contributed by atoms with Crippen LogP contribution in [0.25, 0.3) is 0 Å². The number of hydrogen-bond donors (Lipinski definition) is 0. The maximum atomic E-state index is 12.6. The third-order valence-corrected chi connectivity index (χ3v) is 8.28. The summed E-state index contributed by atoms with van der Waals surface area (Å²) >= 11 is 0. The van der Waals surface area contributed by atoms with Gasteiger partial charge < -0.3 is 14.2 Å². The first-order valence-corrected chi connectivity index (χ1v) is 21.4. The summed E-state index contributed by atoms with van der Waals surface area (Å²) in [6, 6.07) is 0. The lowest BCUT2D eigenvalue weighted by atomic mass is 10.1. The molecule has 0 aliphatic rings. The van der Waals surface area contributed by atoms with Crippen LogP contribution in [-0.2, 0) is 28.6 Å². The zero-order valence-corrected chi connectivity index (χ0v) is 34.9. The molecule has 0 rings (SSSR count). The van der Waals surface area contributed by atoms with E-state index in [1.54, 1.807) is 6.08 Å². The fraction of sp³-hybridized carbons (Fsp3) is 0.571. The third kappa shape index (κ3) is 41.1. The van der Waals surface area contributed by atoms with E-state index in [0.29, 0.717) is 12.8 Å². The quantitative estimate of drug-likeness (QED) is 0.0274. The molecule has 308 valence electrons. The summed E-state index contributed by atoms with van der Waals surface area (Å²) in [6.07, 6.45) is 56.9. The average molecular weight is 761 g/mol. The van der Waals surface area contributed by atoms with Gasteiger partial charge >= 0.3 is 17.9 Å². The Labute approximate surface area is 336 Å². The van der Waals surface area contributed by atoms with Gasteiger partial charge in [0.1, 0.15) is 13.2 Å². The Balaban J connectivity index is 4.48. The van der Waals surface area contributed by atoms with Crippen LogP contribution < -0.4 is 0 Å². The first-order chi connectivity index (χ1) is 27.0. The predicted molar refractivity (Wildman–Crippen MR) is 233 cm³/mol. The lowest BCUT2D eigenvalue weighted by molar-refractivity contribution is -0.166. The topological polar surface area (TPSA) is 78.9 Å². The van der Waals surface area contributed by atoms with Crippen LogP contribution in [0.2, 0.25) is 0 Å². The van der Waals surface area contributed by atoms with Crippen molar-refractivity contribution < 1.29 is 28.6 Å². The molecule has 0 radical (unpaired) electrons. The zero-order chi connectivity index (χ0) is 40.1. The minimum Gasteiger partial charge on any atom is -0.462 e. The second-order valence-corrected chi connectivity index (χ2v) is 13.5. The van der Waals surface area contributed by atoms with Gasteiger partial charge in [0, 0.05) is 12.8 Å². The second-order valence-electron chi connectivity index (χ2n) is 13.5. The molecule has 6 nitrogen and oxygen atoms in total. The van der Waals surface area contributed by atoms with Crippen molar-refractivity contribution in [3.05, 3.63) is 109 Å². The molecule has 1 unspecified atom stereocenters. The highest BCUT2D eigenvalue weighted by molar-refractivity contribution is 5.72. The molecule has 6 heteroatoms. The van der Waals surface area contributed by atoms with Gasteiger partial charge in [0.25, 0.3) is 0 Å². The maximum Gasteiger partial charge on any atom is 0.310 e. The summed E-state index contributed by atoms with van der Waals surface area (Å²) in [6.45, 7) is 6.17. The molecule has 0 spiro atoms. The Morgan fingerprint density at radius 1 is 0.400 bits per heavy atom. The molecule has 0 amide bonds. The van der Waals surface area contributed by atoms with Crippen molar-refractivity contribution in [2.24, 2.45) is 0 Å². The van der Waals surface area contributed by atoms with Crippen LogP contribution in [0.4, 0.5) is 0 Å². The normalized spacial score (nSPS) is 13.1. The van der Waals surface area contributed by atoms with E-state index in [0.717, 1.165) is 89.9 Å². The standard InChI is InChI=1S/C49H76O6/c1-4-7-10-13-16-19-20-21-22-23-24-25-26-27-28-31-33-36-39-42-48(51)54-45-46(55-49(52)43-40-37-34-30-18-15-12-9-6-3)44-53-47(50)41-38-35-32-29-17-14-11-8-5-2/h7,9-10,12,16,18-19,21-22,24-25,27-30,32,37,40,46H,4-6,8,11,13-15,17,20,23,26,31,33-36,38-39,41-45H2,1-3H3/b10-7-,12-9-,19-16-,22-21-,25-24-,28-27-,30-18-,32-29-,40-37-. The first kappa shape index (κ1) is 51.1.